The zero-order valence-electron chi connectivity index (χ0n) is 11.5. The summed E-state index contributed by atoms with van der Waals surface area (Å²) in [6.07, 6.45) is -0.144. The monoisotopic (exact) mass is 388 g/mol. The van der Waals surface area contributed by atoms with Crippen LogP contribution < -0.4 is 11.1 Å². The topological polar surface area (TPSA) is 167 Å². The normalized spacial score (nSPS) is 19.4. The summed E-state index contributed by atoms with van der Waals surface area (Å²) in [6.45, 7) is -0.474. The first kappa shape index (κ1) is 22.4. The Kier molecular flexibility index (Phi) is 9.79. The average molecular weight is 388 g/mol. The van der Waals surface area contributed by atoms with Gasteiger partial charge in [-0.1, -0.05) is 5.65 Å². The predicted octanol–water partition coefficient (Wildman–Crippen LogP) is -0.395. The van der Waals surface area contributed by atoms with Crippen molar-refractivity contribution < 1.29 is 47.0 Å². The van der Waals surface area contributed by atoms with Crippen LogP contribution in [0.4, 0.5) is 4.48 Å². The number of hydrogen-bond acceptors (Lipinski definition) is 9. The van der Waals surface area contributed by atoms with E-state index >= 15 is 0 Å². The lowest BCUT2D eigenvalue weighted by Gasteiger charge is -2.24. The molecule has 0 saturated carbocycles. The van der Waals surface area contributed by atoms with E-state index in [1.54, 1.807) is 0 Å². The zero-order valence-corrected chi connectivity index (χ0v) is 14.1. The number of halogens is 1. The predicted molar refractivity (Wildman–Crippen MR) is 75.1 cm³/mol. The summed E-state index contributed by atoms with van der Waals surface area (Å²) < 4.78 is 46.7. The van der Waals surface area contributed by atoms with Gasteiger partial charge in [-0.05, 0) is 6.92 Å². The van der Waals surface area contributed by atoms with E-state index in [1.165, 1.54) is 6.92 Å². The van der Waals surface area contributed by atoms with Gasteiger partial charge in [-0.3, -0.25) is 13.6 Å². The fourth-order valence-electron chi connectivity index (χ4n) is 1.23. The number of aliphatic hydroxyl groups is 1. The fourth-order valence-corrected chi connectivity index (χ4v) is 2.51. The summed E-state index contributed by atoms with van der Waals surface area (Å²) in [5.74, 6) is 0. The lowest BCUT2D eigenvalue weighted by molar-refractivity contribution is 0.0779. The first-order chi connectivity index (χ1) is 9.85. The van der Waals surface area contributed by atoms with Crippen molar-refractivity contribution in [2.24, 2.45) is 0 Å². The lowest BCUT2D eigenvalue weighted by atomic mass is 10.1. The fraction of sp³-hybridized carbons (Fsp3) is 1.00. The van der Waals surface area contributed by atoms with E-state index in [4.69, 9.17) is 9.79 Å². The number of hydrogen-bond donors (Lipinski definition) is 7. The first-order valence-electron chi connectivity index (χ1n) is 5.72. The Morgan fingerprint density at radius 1 is 1.23 bits per heavy atom. The summed E-state index contributed by atoms with van der Waals surface area (Å²) in [6, 6.07) is -0.923. The van der Waals surface area contributed by atoms with Crippen molar-refractivity contribution in [2.75, 3.05) is 19.8 Å². The van der Waals surface area contributed by atoms with Crippen molar-refractivity contribution in [3.05, 3.63) is 0 Å². The highest BCUT2D eigenvalue weighted by Crippen LogP contribution is 2.44. The third-order valence-corrected chi connectivity index (χ3v) is 3.61. The molecule has 22 heavy (non-hydrogen) atoms. The highest BCUT2D eigenvalue weighted by Gasteiger charge is 2.27. The summed E-state index contributed by atoms with van der Waals surface area (Å²) in [5.41, 5.74) is 3.13. The van der Waals surface area contributed by atoms with Gasteiger partial charge in [0.25, 0.3) is 0 Å². The molecule has 15 heteroatoms. The molecule has 0 radical (unpaired) electrons. The maximum atomic E-state index is 12.0. The Labute approximate surface area is 131 Å². The van der Waals surface area contributed by atoms with Gasteiger partial charge in [-0.2, -0.15) is 0 Å². The number of phosphoric acid groups is 2. The third kappa shape index (κ3) is 14.0. The van der Waals surface area contributed by atoms with Crippen LogP contribution >= 0.6 is 28.3 Å². The molecule has 0 fully saturated rings. The average Bonchev–Trinajstić information content (AvgIpc) is 2.29. The van der Waals surface area contributed by atoms with Crippen LogP contribution in [0.1, 0.15) is 13.3 Å². The molecule has 11 nitrogen and oxygen atoms in total. The van der Waals surface area contributed by atoms with Crippen molar-refractivity contribution in [2.45, 2.75) is 24.3 Å². The molecule has 0 heterocycles. The van der Waals surface area contributed by atoms with Gasteiger partial charge in [0, 0.05) is 6.42 Å². The number of thiol groups is 1. The van der Waals surface area contributed by atoms with Crippen molar-refractivity contribution in [1.29, 1.82) is 0 Å². The molecule has 0 aromatic rings. The molecule has 0 aromatic heterocycles. The third-order valence-electron chi connectivity index (χ3n) is 1.93. The van der Waals surface area contributed by atoms with Crippen molar-refractivity contribution >= 4 is 28.3 Å². The van der Waals surface area contributed by atoms with Crippen LogP contribution in [0.25, 0.3) is 0 Å². The summed E-state index contributed by atoms with van der Waals surface area (Å²) in [4.78, 5) is 24.6. The molecule has 0 saturated heterocycles. The van der Waals surface area contributed by atoms with Gasteiger partial charge in [0.1, 0.15) is 4.93 Å². The Bertz CT molecular complexity index is 417. The van der Waals surface area contributed by atoms with Crippen molar-refractivity contribution in [1.82, 2.24) is 11.1 Å². The molecule has 0 aliphatic carbocycles. The number of phosphoric ester groups is 2. The SMILES string of the molecule is CC(O)(S)CC(COP(=O)(O)OCCOP(=O)(O)O)NNF. The van der Waals surface area contributed by atoms with Gasteiger partial charge >= 0.3 is 15.6 Å². The number of hydrazine groups is 1. The molecule has 0 aromatic carbocycles. The summed E-state index contributed by atoms with van der Waals surface area (Å²) in [7, 11) is -9.25. The van der Waals surface area contributed by atoms with Crippen LogP contribution in [0.3, 0.4) is 0 Å². The Hall–Kier alpha value is 0.380. The van der Waals surface area contributed by atoms with Crippen molar-refractivity contribution in [3.63, 3.8) is 0 Å². The van der Waals surface area contributed by atoms with Crippen molar-refractivity contribution in [3.8, 4) is 0 Å². The van der Waals surface area contributed by atoms with E-state index in [-0.39, 0.29) is 6.42 Å². The minimum Gasteiger partial charge on any atom is -0.380 e. The van der Waals surface area contributed by atoms with E-state index in [0.29, 0.717) is 0 Å². The van der Waals surface area contributed by atoms with Crippen LogP contribution in [0.2, 0.25) is 0 Å². The molecular formula is C7H19FN2O9P2S. The zero-order chi connectivity index (χ0) is 17.4. The van der Waals surface area contributed by atoms with E-state index in [0.717, 1.165) is 5.65 Å². The number of nitrogens with one attached hydrogen (secondary N) is 2. The molecular weight excluding hydrogens is 369 g/mol. The first-order valence-corrected chi connectivity index (χ1v) is 9.20. The van der Waals surface area contributed by atoms with E-state index in [9.17, 15) is 23.6 Å². The molecule has 6 N–H and O–H groups in total. The van der Waals surface area contributed by atoms with Gasteiger partial charge in [0.15, 0.2) is 0 Å². The molecule has 0 aliphatic rings. The molecule has 0 rings (SSSR count). The Morgan fingerprint density at radius 3 is 2.23 bits per heavy atom. The van der Waals surface area contributed by atoms with Crippen LogP contribution in [-0.2, 0) is 22.7 Å². The molecule has 3 atom stereocenters. The minimum absolute atomic E-state index is 0.144. The van der Waals surface area contributed by atoms with Crippen LogP contribution in [0.5, 0.6) is 0 Å². The Balaban J connectivity index is 4.21. The van der Waals surface area contributed by atoms with Gasteiger partial charge in [0.2, 0.25) is 0 Å². The smallest absolute Gasteiger partial charge is 0.380 e. The second-order valence-corrected chi connectivity index (χ2v) is 7.93. The largest absolute Gasteiger partial charge is 0.472 e. The molecule has 3 unspecified atom stereocenters. The Morgan fingerprint density at radius 2 is 1.77 bits per heavy atom. The van der Waals surface area contributed by atoms with Crippen LogP contribution in [0, 0.1) is 0 Å². The molecule has 0 bridgehead atoms. The minimum atomic E-state index is -4.70. The second-order valence-electron chi connectivity index (χ2n) is 4.28. The van der Waals surface area contributed by atoms with Gasteiger partial charge < -0.3 is 19.8 Å². The summed E-state index contributed by atoms with van der Waals surface area (Å²) >= 11 is 3.80. The van der Waals surface area contributed by atoms with Crippen LogP contribution in [0.15, 0.2) is 0 Å². The summed E-state index contributed by atoms with van der Waals surface area (Å²) in [5, 5.41) is 9.46. The molecule has 0 amide bonds. The van der Waals surface area contributed by atoms with Gasteiger partial charge in [-0.15, -0.1) is 17.1 Å². The second kappa shape index (κ2) is 9.62. The van der Waals surface area contributed by atoms with Gasteiger partial charge in [-0.25, -0.2) is 14.6 Å². The van der Waals surface area contributed by atoms with E-state index < -0.39 is 46.4 Å². The maximum Gasteiger partial charge on any atom is 0.472 e. The van der Waals surface area contributed by atoms with Gasteiger partial charge in [0.05, 0.1) is 25.9 Å². The highest BCUT2D eigenvalue weighted by atomic mass is 32.1. The molecule has 134 valence electrons. The number of rotatable bonds is 12. The van der Waals surface area contributed by atoms with E-state index in [1.807, 2.05) is 5.43 Å². The standard InChI is InChI=1S/C7H19FN2O9P2S/c1-7(11,22)4-6(9-10-8)5-19-21(15,16)18-3-2-17-20(12,13)14/h6,9-11,22H,2-5H2,1H3,(H,15,16)(H2,12,13,14). The van der Waals surface area contributed by atoms with E-state index in [2.05, 4.69) is 26.2 Å². The van der Waals surface area contributed by atoms with Crippen LogP contribution in [-0.4, -0.2) is 50.6 Å². The lowest BCUT2D eigenvalue weighted by Crippen LogP contribution is -2.43. The maximum absolute atomic E-state index is 12.0. The highest BCUT2D eigenvalue weighted by molar-refractivity contribution is 7.81. The molecule has 0 aliphatic heterocycles. The quantitative estimate of drug-likeness (QED) is 0.0581. The molecule has 0 spiro atoms.